The van der Waals surface area contributed by atoms with Crippen LogP contribution in [0.15, 0.2) is 71.1 Å². The van der Waals surface area contributed by atoms with Crippen molar-refractivity contribution in [3.05, 3.63) is 72.3 Å². The van der Waals surface area contributed by atoms with Crippen molar-refractivity contribution in [2.45, 2.75) is 6.61 Å². The molecule has 4 rings (SSSR count). The highest BCUT2D eigenvalue weighted by Crippen LogP contribution is 2.45. The first-order chi connectivity index (χ1) is 13.7. The van der Waals surface area contributed by atoms with Gasteiger partial charge in [0.15, 0.2) is 11.5 Å². The van der Waals surface area contributed by atoms with Crippen LogP contribution in [0.3, 0.4) is 0 Å². The van der Waals surface area contributed by atoms with Gasteiger partial charge in [-0.05, 0) is 29.8 Å². The molecular formula is C23H20O5. The van der Waals surface area contributed by atoms with E-state index in [9.17, 15) is 5.11 Å². The second kappa shape index (κ2) is 7.56. The molecule has 0 atom stereocenters. The zero-order valence-corrected chi connectivity index (χ0v) is 15.6. The Balaban J connectivity index is 1.71. The topological polar surface area (TPSA) is 61.1 Å². The summed E-state index contributed by atoms with van der Waals surface area (Å²) >= 11 is 0. The van der Waals surface area contributed by atoms with Gasteiger partial charge in [0, 0.05) is 17.7 Å². The highest BCUT2D eigenvalue weighted by molar-refractivity contribution is 5.96. The van der Waals surface area contributed by atoms with E-state index in [-0.39, 0.29) is 5.75 Å². The lowest BCUT2D eigenvalue weighted by Crippen LogP contribution is -1.95. The third-order valence-corrected chi connectivity index (χ3v) is 4.52. The first kappa shape index (κ1) is 17.8. The predicted octanol–water partition coefficient (Wildman–Crippen LogP) is 5.40. The lowest BCUT2D eigenvalue weighted by Gasteiger charge is -2.08. The Hall–Kier alpha value is -3.60. The van der Waals surface area contributed by atoms with Gasteiger partial charge in [0.05, 0.1) is 14.2 Å². The highest BCUT2D eigenvalue weighted by Gasteiger charge is 2.20. The number of methoxy groups -OCH3 is 2. The Morgan fingerprint density at radius 1 is 0.857 bits per heavy atom. The lowest BCUT2D eigenvalue weighted by molar-refractivity contribution is 0.304. The van der Waals surface area contributed by atoms with Crippen molar-refractivity contribution in [3.63, 3.8) is 0 Å². The predicted molar refractivity (Wildman–Crippen MR) is 107 cm³/mol. The first-order valence-electron chi connectivity index (χ1n) is 8.84. The normalized spacial score (nSPS) is 10.8. The average molecular weight is 376 g/mol. The van der Waals surface area contributed by atoms with E-state index in [1.54, 1.807) is 26.4 Å². The van der Waals surface area contributed by atoms with Gasteiger partial charge in [-0.2, -0.15) is 0 Å². The van der Waals surface area contributed by atoms with Gasteiger partial charge in [0.2, 0.25) is 0 Å². The first-order valence-corrected chi connectivity index (χ1v) is 8.84. The van der Waals surface area contributed by atoms with Crippen molar-refractivity contribution >= 4 is 11.0 Å². The van der Waals surface area contributed by atoms with E-state index >= 15 is 0 Å². The van der Waals surface area contributed by atoms with Crippen molar-refractivity contribution < 1.29 is 23.7 Å². The molecule has 0 fully saturated rings. The number of aromatic hydroxyl groups is 1. The van der Waals surface area contributed by atoms with Crippen LogP contribution in [0, 0.1) is 0 Å². The fraction of sp³-hybridized carbons (Fsp3) is 0.130. The van der Waals surface area contributed by atoms with Crippen LogP contribution in [0.25, 0.3) is 22.3 Å². The van der Waals surface area contributed by atoms with Gasteiger partial charge in [-0.15, -0.1) is 0 Å². The Morgan fingerprint density at radius 2 is 1.61 bits per heavy atom. The van der Waals surface area contributed by atoms with Crippen LogP contribution in [0.1, 0.15) is 5.56 Å². The molecule has 1 heterocycles. The third-order valence-electron chi connectivity index (χ3n) is 4.52. The van der Waals surface area contributed by atoms with Gasteiger partial charge >= 0.3 is 0 Å². The molecule has 0 aliphatic rings. The summed E-state index contributed by atoms with van der Waals surface area (Å²) in [7, 11) is 3.16. The van der Waals surface area contributed by atoms with Crippen LogP contribution in [-0.4, -0.2) is 19.3 Å². The number of hydrogen-bond donors (Lipinski definition) is 1. The lowest BCUT2D eigenvalue weighted by atomic mass is 10.1. The highest BCUT2D eigenvalue weighted by atomic mass is 16.5. The summed E-state index contributed by atoms with van der Waals surface area (Å²) in [4.78, 5) is 0. The molecule has 5 heteroatoms. The molecule has 142 valence electrons. The minimum absolute atomic E-state index is 0.0339. The molecular weight excluding hydrogens is 356 g/mol. The van der Waals surface area contributed by atoms with Crippen LogP contribution in [-0.2, 0) is 6.61 Å². The summed E-state index contributed by atoms with van der Waals surface area (Å²) in [5.74, 6) is 2.22. The van der Waals surface area contributed by atoms with Crippen LogP contribution in [0.4, 0.5) is 0 Å². The summed E-state index contributed by atoms with van der Waals surface area (Å²) in [6.07, 6.45) is 0. The SMILES string of the molecule is COc1ccc(-c2oc3cc(OCc4ccccc4)cc(OC)c3c2O)cc1. The molecule has 4 aromatic rings. The molecule has 0 aliphatic carbocycles. The summed E-state index contributed by atoms with van der Waals surface area (Å²) in [6, 6.07) is 20.7. The smallest absolute Gasteiger partial charge is 0.177 e. The summed E-state index contributed by atoms with van der Waals surface area (Å²) in [5.41, 5.74) is 2.29. The molecule has 0 bridgehead atoms. The molecule has 0 saturated heterocycles. The molecule has 0 saturated carbocycles. The maximum absolute atomic E-state index is 10.7. The molecule has 28 heavy (non-hydrogen) atoms. The largest absolute Gasteiger partial charge is 0.504 e. The fourth-order valence-corrected chi connectivity index (χ4v) is 3.07. The van der Waals surface area contributed by atoms with Crippen LogP contribution < -0.4 is 14.2 Å². The number of benzene rings is 3. The number of rotatable bonds is 6. The molecule has 0 aliphatic heterocycles. The Labute approximate surface area is 162 Å². The third kappa shape index (κ3) is 3.34. The van der Waals surface area contributed by atoms with Gasteiger partial charge in [0.1, 0.15) is 34.8 Å². The minimum Gasteiger partial charge on any atom is -0.504 e. The number of fused-ring (bicyclic) bond motifs is 1. The summed E-state index contributed by atoms with van der Waals surface area (Å²) < 4.78 is 22.5. The number of furan rings is 1. The minimum atomic E-state index is 0.0339. The zero-order valence-electron chi connectivity index (χ0n) is 15.6. The van der Waals surface area contributed by atoms with E-state index < -0.39 is 0 Å². The summed E-state index contributed by atoms with van der Waals surface area (Å²) in [5, 5.41) is 11.2. The van der Waals surface area contributed by atoms with E-state index in [2.05, 4.69) is 0 Å². The zero-order chi connectivity index (χ0) is 19.5. The fourth-order valence-electron chi connectivity index (χ4n) is 3.07. The van der Waals surface area contributed by atoms with E-state index in [1.807, 2.05) is 54.6 Å². The van der Waals surface area contributed by atoms with Crippen molar-refractivity contribution in [3.8, 4) is 34.3 Å². The van der Waals surface area contributed by atoms with E-state index in [0.717, 1.165) is 16.9 Å². The standard InChI is InChI=1S/C23H20O5/c1-25-17-10-8-16(9-11-17)23-22(24)21-19(26-2)12-18(13-20(21)28-23)27-14-15-6-4-3-5-7-15/h3-13,24H,14H2,1-2H3. The molecule has 0 amide bonds. The average Bonchev–Trinajstić information content (AvgIpc) is 3.09. The van der Waals surface area contributed by atoms with Crippen LogP contribution in [0.2, 0.25) is 0 Å². The van der Waals surface area contributed by atoms with Crippen molar-refractivity contribution in [2.75, 3.05) is 14.2 Å². The molecule has 0 spiro atoms. The van der Waals surface area contributed by atoms with Crippen LogP contribution in [0.5, 0.6) is 23.0 Å². The Kier molecular flexibility index (Phi) is 4.81. The molecule has 5 nitrogen and oxygen atoms in total. The van der Waals surface area contributed by atoms with Gasteiger partial charge in [-0.3, -0.25) is 0 Å². The maximum Gasteiger partial charge on any atom is 0.177 e. The van der Waals surface area contributed by atoms with Gasteiger partial charge < -0.3 is 23.7 Å². The number of hydrogen-bond acceptors (Lipinski definition) is 5. The van der Waals surface area contributed by atoms with E-state index in [0.29, 0.717) is 34.8 Å². The molecule has 0 unspecified atom stereocenters. The monoisotopic (exact) mass is 376 g/mol. The Bertz CT molecular complexity index is 1080. The Morgan fingerprint density at radius 3 is 2.29 bits per heavy atom. The van der Waals surface area contributed by atoms with E-state index in [1.165, 1.54) is 0 Å². The quantitative estimate of drug-likeness (QED) is 0.488. The molecule has 0 radical (unpaired) electrons. The second-order valence-electron chi connectivity index (χ2n) is 6.28. The van der Waals surface area contributed by atoms with Gasteiger partial charge in [0.25, 0.3) is 0 Å². The summed E-state index contributed by atoms with van der Waals surface area (Å²) in [6.45, 7) is 0.424. The van der Waals surface area contributed by atoms with Crippen molar-refractivity contribution in [1.29, 1.82) is 0 Å². The van der Waals surface area contributed by atoms with Crippen molar-refractivity contribution in [2.24, 2.45) is 0 Å². The van der Waals surface area contributed by atoms with Gasteiger partial charge in [-0.25, -0.2) is 0 Å². The number of ether oxygens (including phenoxy) is 3. The van der Waals surface area contributed by atoms with Crippen molar-refractivity contribution in [1.82, 2.24) is 0 Å². The van der Waals surface area contributed by atoms with E-state index in [4.69, 9.17) is 18.6 Å². The van der Waals surface area contributed by atoms with Gasteiger partial charge in [-0.1, -0.05) is 30.3 Å². The molecule has 1 N–H and O–H groups in total. The van der Waals surface area contributed by atoms with Crippen LogP contribution >= 0.6 is 0 Å². The second-order valence-corrected chi connectivity index (χ2v) is 6.28. The molecule has 3 aromatic carbocycles. The maximum atomic E-state index is 10.7. The molecule has 1 aromatic heterocycles.